The molecule has 1 aliphatic rings. The highest BCUT2D eigenvalue weighted by Crippen LogP contribution is 2.41. The number of aryl methyl sites for hydroxylation is 2. The van der Waals surface area contributed by atoms with E-state index in [0.29, 0.717) is 11.1 Å². The molecule has 0 unspecified atom stereocenters. The summed E-state index contributed by atoms with van der Waals surface area (Å²) in [6.45, 7) is 3.87. The highest BCUT2D eigenvalue weighted by Gasteiger charge is 2.29. The number of carbonyl (C=O) groups excluding carboxylic acids is 1. The van der Waals surface area contributed by atoms with Crippen molar-refractivity contribution in [3.8, 4) is 16.9 Å². The number of phenolic OH excluding ortho intramolecular Hbond substituents is 1. The second kappa shape index (κ2) is 3.20. The zero-order valence-corrected chi connectivity index (χ0v) is 9.74. The lowest BCUT2D eigenvalue weighted by Gasteiger charge is -2.03. The number of benzene rings is 2. The number of rotatable bonds is 0. The lowest BCUT2D eigenvalue weighted by Crippen LogP contribution is -1.96. The maximum absolute atomic E-state index is 12.2. The van der Waals surface area contributed by atoms with Crippen LogP contribution < -0.4 is 0 Å². The van der Waals surface area contributed by atoms with Crippen LogP contribution in [0.3, 0.4) is 0 Å². The van der Waals surface area contributed by atoms with Crippen LogP contribution in [0.15, 0.2) is 30.3 Å². The minimum Gasteiger partial charge on any atom is -0.507 e. The van der Waals surface area contributed by atoms with E-state index in [9.17, 15) is 9.90 Å². The Kier molecular flexibility index (Phi) is 1.90. The quantitative estimate of drug-likeness (QED) is 0.636. The number of hydrogen-bond donors (Lipinski definition) is 1. The van der Waals surface area contributed by atoms with E-state index in [0.717, 1.165) is 22.3 Å². The van der Waals surface area contributed by atoms with Gasteiger partial charge in [-0.15, -0.1) is 0 Å². The fourth-order valence-electron chi connectivity index (χ4n) is 2.43. The van der Waals surface area contributed by atoms with Crippen LogP contribution >= 0.6 is 0 Å². The molecule has 0 amide bonds. The van der Waals surface area contributed by atoms with Crippen molar-refractivity contribution in [2.45, 2.75) is 13.8 Å². The molecule has 0 bridgehead atoms. The van der Waals surface area contributed by atoms with Crippen LogP contribution in [0, 0.1) is 13.8 Å². The highest BCUT2D eigenvalue weighted by molar-refractivity contribution is 6.23. The molecule has 0 spiro atoms. The maximum Gasteiger partial charge on any atom is 0.198 e. The fourth-order valence-corrected chi connectivity index (χ4v) is 2.43. The zero-order valence-electron chi connectivity index (χ0n) is 9.74. The topological polar surface area (TPSA) is 37.3 Å². The van der Waals surface area contributed by atoms with Crippen molar-refractivity contribution in [3.05, 3.63) is 52.6 Å². The molecule has 0 fully saturated rings. The largest absolute Gasteiger partial charge is 0.507 e. The van der Waals surface area contributed by atoms with Crippen LogP contribution in [0.2, 0.25) is 0 Å². The summed E-state index contributed by atoms with van der Waals surface area (Å²) in [5, 5.41) is 9.90. The van der Waals surface area contributed by atoms with Gasteiger partial charge in [0.05, 0.1) is 5.56 Å². The van der Waals surface area contributed by atoms with E-state index in [2.05, 4.69) is 0 Å². The van der Waals surface area contributed by atoms with Gasteiger partial charge < -0.3 is 5.11 Å². The van der Waals surface area contributed by atoms with Gasteiger partial charge in [-0.25, -0.2) is 0 Å². The average Bonchev–Trinajstić information content (AvgIpc) is 2.52. The van der Waals surface area contributed by atoms with Gasteiger partial charge >= 0.3 is 0 Å². The number of carbonyl (C=O) groups is 1. The molecule has 0 radical (unpaired) electrons. The van der Waals surface area contributed by atoms with Gasteiger partial charge in [-0.2, -0.15) is 0 Å². The van der Waals surface area contributed by atoms with Gasteiger partial charge in [0.25, 0.3) is 0 Å². The molecule has 2 aromatic carbocycles. The Bertz CT molecular complexity index is 654. The third kappa shape index (κ3) is 1.30. The summed E-state index contributed by atoms with van der Waals surface area (Å²) in [5.74, 6) is 0.00931. The summed E-state index contributed by atoms with van der Waals surface area (Å²) in [6.07, 6.45) is 0. The monoisotopic (exact) mass is 224 g/mol. The molecular formula is C15H12O2. The summed E-state index contributed by atoms with van der Waals surface area (Å²) in [4.78, 5) is 12.2. The maximum atomic E-state index is 12.2. The average molecular weight is 224 g/mol. The fraction of sp³-hybridized carbons (Fsp3) is 0.133. The molecule has 2 nitrogen and oxygen atoms in total. The first-order chi connectivity index (χ1) is 8.08. The van der Waals surface area contributed by atoms with Crippen molar-refractivity contribution in [2.24, 2.45) is 0 Å². The molecule has 0 heterocycles. The third-order valence-electron chi connectivity index (χ3n) is 3.20. The Morgan fingerprint density at radius 2 is 1.59 bits per heavy atom. The van der Waals surface area contributed by atoms with Gasteiger partial charge in [0.15, 0.2) is 5.78 Å². The van der Waals surface area contributed by atoms with E-state index in [1.807, 2.05) is 38.1 Å². The van der Waals surface area contributed by atoms with Crippen LogP contribution in [-0.2, 0) is 0 Å². The van der Waals surface area contributed by atoms with Crippen LogP contribution in [0.25, 0.3) is 11.1 Å². The molecule has 1 N–H and O–H groups in total. The Balaban J connectivity index is 2.39. The molecule has 3 rings (SSSR count). The number of aromatic hydroxyl groups is 1. The molecule has 0 aromatic heterocycles. The molecule has 0 saturated carbocycles. The minimum absolute atomic E-state index is 0.0730. The normalized spacial score (nSPS) is 12.5. The second-order valence-electron chi connectivity index (χ2n) is 4.58. The van der Waals surface area contributed by atoms with Crippen molar-refractivity contribution in [3.63, 3.8) is 0 Å². The van der Waals surface area contributed by atoms with E-state index >= 15 is 0 Å². The predicted molar refractivity (Wildman–Crippen MR) is 66.4 cm³/mol. The Morgan fingerprint density at radius 3 is 2.35 bits per heavy atom. The highest BCUT2D eigenvalue weighted by atomic mass is 16.3. The first kappa shape index (κ1) is 10.1. The van der Waals surface area contributed by atoms with Crippen LogP contribution in [-0.4, -0.2) is 10.9 Å². The van der Waals surface area contributed by atoms with Crippen molar-refractivity contribution >= 4 is 5.78 Å². The van der Waals surface area contributed by atoms with Crippen molar-refractivity contribution in [1.29, 1.82) is 0 Å². The molecule has 84 valence electrons. The Labute approximate surface area is 99.5 Å². The molecule has 0 saturated heterocycles. The molecule has 0 aliphatic heterocycles. The van der Waals surface area contributed by atoms with Crippen LogP contribution in [0.1, 0.15) is 27.0 Å². The minimum atomic E-state index is -0.0730. The van der Waals surface area contributed by atoms with Crippen molar-refractivity contribution in [1.82, 2.24) is 0 Å². The lowest BCUT2D eigenvalue weighted by atomic mass is 10.0. The van der Waals surface area contributed by atoms with E-state index in [1.54, 1.807) is 6.07 Å². The van der Waals surface area contributed by atoms with Gasteiger partial charge in [-0.1, -0.05) is 23.8 Å². The van der Waals surface area contributed by atoms with Crippen LogP contribution in [0.5, 0.6) is 5.75 Å². The van der Waals surface area contributed by atoms with Crippen molar-refractivity contribution in [2.75, 3.05) is 0 Å². The van der Waals surface area contributed by atoms with E-state index in [-0.39, 0.29) is 11.5 Å². The molecule has 17 heavy (non-hydrogen) atoms. The van der Waals surface area contributed by atoms with E-state index < -0.39 is 0 Å². The number of phenols is 1. The SMILES string of the molecule is Cc1ccc2c(c1)C(=O)c1c(O)cc(C)cc1-2. The van der Waals surface area contributed by atoms with Gasteiger partial charge in [0, 0.05) is 5.56 Å². The van der Waals surface area contributed by atoms with Gasteiger partial charge in [-0.05, 0) is 42.7 Å². The Hall–Kier alpha value is -2.09. The number of fused-ring (bicyclic) bond motifs is 3. The van der Waals surface area contributed by atoms with Gasteiger partial charge in [-0.3, -0.25) is 4.79 Å². The van der Waals surface area contributed by atoms with Gasteiger partial charge in [0.1, 0.15) is 5.75 Å². The molecule has 2 heteroatoms. The summed E-state index contributed by atoms with van der Waals surface area (Å²) in [6, 6.07) is 9.41. The number of hydrogen-bond acceptors (Lipinski definition) is 2. The lowest BCUT2D eigenvalue weighted by molar-refractivity contribution is 0.104. The predicted octanol–water partition coefficient (Wildman–Crippen LogP) is 3.22. The Morgan fingerprint density at radius 1 is 0.882 bits per heavy atom. The third-order valence-corrected chi connectivity index (χ3v) is 3.20. The zero-order chi connectivity index (χ0) is 12.2. The van der Waals surface area contributed by atoms with Crippen molar-refractivity contribution < 1.29 is 9.90 Å². The first-order valence-electron chi connectivity index (χ1n) is 5.57. The van der Waals surface area contributed by atoms with Crippen LogP contribution in [0.4, 0.5) is 0 Å². The summed E-state index contributed by atoms with van der Waals surface area (Å²) >= 11 is 0. The molecule has 0 atom stereocenters. The summed E-state index contributed by atoms with van der Waals surface area (Å²) < 4.78 is 0. The van der Waals surface area contributed by atoms with Gasteiger partial charge in [0.2, 0.25) is 0 Å². The summed E-state index contributed by atoms with van der Waals surface area (Å²) in [5.41, 5.74) is 4.93. The summed E-state index contributed by atoms with van der Waals surface area (Å²) in [7, 11) is 0. The van der Waals surface area contributed by atoms with E-state index in [1.165, 1.54) is 0 Å². The first-order valence-corrected chi connectivity index (χ1v) is 5.57. The molecule has 1 aliphatic carbocycles. The van der Waals surface area contributed by atoms with E-state index in [4.69, 9.17) is 0 Å². The number of ketones is 1. The smallest absolute Gasteiger partial charge is 0.198 e. The molecular weight excluding hydrogens is 212 g/mol. The standard InChI is InChI=1S/C15H12O2/c1-8-3-4-10-11-6-9(2)7-13(16)14(11)15(17)12(10)5-8/h3-7,16H,1-2H3. The second-order valence-corrected chi connectivity index (χ2v) is 4.58. The molecule has 2 aromatic rings.